The molecule has 1 saturated carbocycles. The Hall–Kier alpha value is -2.37. The Labute approximate surface area is 172 Å². The van der Waals surface area contributed by atoms with E-state index in [1.165, 1.54) is 31.4 Å². The van der Waals surface area contributed by atoms with Crippen molar-refractivity contribution in [3.63, 3.8) is 0 Å². The second kappa shape index (κ2) is 8.17. The molecule has 0 unspecified atom stereocenters. The number of nitrogens with zero attached hydrogens (tertiary/aromatic N) is 1. The Morgan fingerprint density at radius 3 is 2.55 bits per heavy atom. The number of rotatable bonds is 6. The average molecular weight is 392 g/mol. The van der Waals surface area contributed by atoms with Crippen molar-refractivity contribution in [1.29, 1.82) is 0 Å². The van der Waals surface area contributed by atoms with Gasteiger partial charge in [0.25, 0.3) is 5.91 Å². The van der Waals surface area contributed by atoms with Gasteiger partial charge in [-0.25, -0.2) is 0 Å². The first-order valence-corrected chi connectivity index (χ1v) is 10.9. The minimum absolute atomic E-state index is 0.0783. The number of amides is 1. The molecule has 2 saturated heterocycles. The van der Waals surface area contributed by atoms with Crippen LogP contribution in [0.15, 0.2) is 48.5 Å². The first kappa shape index (κ1) is 18.6. The zero-order valence-corrected chi connectivity index (χ0v) is 16.8. The third kappa shape index (κ3) is 4.02. The summed E-state index contributed by atoms with van der Waals surface area (Å²) in [5.74, 6) is 0.696. The van der Waals surface area contributed by atoms with Crippen molar-refractivity contribution < 1.29 is 9.53 Å². The molecule has 152 valence electrons. The fourth-order valence-corrected chi connectivity index (χ4v) is 4.61. The highest BCUT2D eigenvalue weighted by atomic mass is 16.5. The lowest BCUT2D eigenvalue weighted by Crippen LogP contribution is -2.33. The molecular weight excluding hydrogens is 362 g/mol. The van der Waals surface area contributed by atoms with Gasteiger partial charge in [-0.15, -0.1) is 0 Å². The van der Waals surface area contributed by atoms with Crippen molar-refractivity contribution in [2.45, 2.75) is 44.4 Å². The summed E-state index contributed by atoms with van der Waals surface area (Å²) < 4.78 is 5.83. The van der Waals surface area contributed by atoms with E-state index < -0.39 is 0 Å². The molecule has 2 heterocycles. The van der Waals surface area contributed by atoms with Crippen LogP contribution >= 0.6 is 0 Å². The van der Waals surface area contributed by atoms with Crippen molar-refractivity contribution in [2.75, 3.05) is 29.9 Å². The molecule has 3 aliphatic rings. The van der Waals surface area contributed by atoms with Crippen LogP contribution in [-0.4, -0.2) is 37.7 Å². The molecule has 0 bridgehead atoms. The van der Waals surface area contributed by atoms with Crippen molar-refractivity contribution >= 4 is 17.3 Å². The molecule has 2 aliphatic heterocycles. The van der Waals surface area contributed by atoms with E-state index in [0.29, 0.717) is 24.3 Å². The Morgan fingerprint density at radius 2 is 1.83 bits per heavy atom. The summed E-state index contributed by atoms with van der Waals surface area (Å²) >= 11 is 0. The molecule has 5 nitrogen and oxygen atoms in total. The van der Waals surface area contributed by atoms with Gasteiger partial charge in [0.1, 0.15) is 0 Å². The van der Waals surface area contributed by atoms with Gasteiger partial charge in [0.2, 0.25) is 0 Å². The number of carbonyl (C=O) groups excluding carboxylic acids is 1. The highest BCUT2D eigenvalue weighted by Gasteiger charge is 2.37. The minimum atomic E-state index is -0.0783. The molecule has 0 aromatic heterocycles. The summed E-state index contributed by atoms with van der Waals surface area (Å²) in [7, 11) is 0. The van der Waals surface area contributed by atoms with Crippen LogP contribution < -0.4 is 15.5 Å². The maximum atomic E-state index is 12.6. The van der Waals surface area contributed by atoms with Crippen LogP contribution in [0.5, 0.6) is 0 Å². The van der Waals surface area contributed by atoms with Gasteiger partial charge in [-0.2, -0.15) is 0 Å². The van der Waals surface area contributed by atoms with Crippen molar-refractivity contribution in [2.24, 2.45) is 5.92 Å². The van der Waals surface area contributed by atoms with Crippen LogP contribution in [-0.2, 0) is 11.3 Å². The van der Waals surface area contributed by atoms with Crippen LogP contribution in [0.1, 0.15) is 41.6 Å². The van der Waals surface area contributed by atoms with Crippen LogP contribution in [0.4, 0.5) is 11.4 Å². The number of nitrogens with one attached hydrogen (secondary N) is 2. The summed E-state index contributed by atoms with van der Waals surface area (Å²) in [6.07, 6.45) is 5.32. The van der Waals surface area contributed by atoms with Crippen LogP contribution in [0.2, 0.25) is 0 Å². The lowest BCUT2D eigenvalue weighted by molar-refractivity contribution is -0.00866. The van der Waals surface area contributed by atoms with Gasteiger partial charge >= 0.3 is 0 Å². The quantitative estimate of drug-likeness (QED) is 0.786. The molecule has 5 rings (SSSR count). The Morgan fingerprint density at radius 1 is 1.03 bits per heavy atom. The number of benzene rings is 2. The summed E-state index contributed by atoms with van der Waals surface area (Å²) in [6, 6.07) is 16.6. The van der Waals surface area contributed by atoms with Gasteiger partial charge in [0.15, 0.2) is 0 Å². The van der Waals surface area contributed by atoms with Gasteiger partial charge in [-0.05, 0) is 73.6 Å². The topological polar surface area (TPSA) is 53.6 Å². The molecular formula is C24H29N3O2. The first-order chi connectivity index (χ1) is 14.3. The molecule has 2 atom stereocenters. The highest BCUT2D eigenvalue weighted by molar-refractivity contribution is 6.04. The van der Waals surface area contributed by atoms with Crippen LogP contribution in [0.3, 0.4) is 0 Å². The van der Waals surface area contributed by atoms with E-state index in [1.807, 2.05) is 36.4 Å². The molecule has 5 heteroatoms. The van der Waals surface area contributed by atoms with Gasteiger partial charge < -0.3 is 20.3 Å². The Balaban J connectivity index is 1.17. The number of hydrogen-bond acceptors (Lipinski definition) is 4. The van der Waals surface area contributed by atoms with Gasteiger partial charge in [0.05, 0.1) is 12.7 Å². The largest absolute Gasteiger partial charge is 0.374 e. The summed E-state index contributed by atoms with van der Waals surface area (Å²) in [4.78, 5) is 15.1. The monoisotopic (exact) mass is 391 g/mol. The standard InChI is InChI=1S/C24H29N3O2/c28-24(18-6-4-17(5-7-18)16-29-22-2-1-3-22)26-20-8-10-21(11-9-20)27-13-12-19-14-25-15-23(19)27/h4-11,19,22-23,25H,1-3,12-16H2,(H,26,28)/t19-,23+/m1/s1. The molecule has 2 N–H and O–H groups in total. The lowest BCUT2D eigenvalue weighted by atomic mass is 9.96. The highest BCUT2D eigenvalue weighted by Crippen LogP contribution is 2.32. The second-order valence-electron chi connectivity index (χ2n) is 8.53. The number of fused-ring (bicyclic) bond motifs is 1. The third-order valence-electron chi connectivity index (χ3n) is 6.66. The van der Waals surface area contributed by atoms with Crippen LogP contribution in [0, 0.1) is 5.92 Å². The second-order valence-corrected chi connectivity index (χ2v) is 8.53. The maximum absolute atomic E-state index is 12.6. The normalized spacial score (nSPS) is 23.7. The van der Waals surface area contributed by atoms with Crippen LogP contribution in [0.25, 0.3) is 0 Å². The van der Waals surface area contributed by atoms with E-state index in [9.17, 15) is 4.79 Å². The van der Waals surface area contributed by atoms with Gasteiger partial charge in [-0.1, -0.05) is 12.1 Å². The Kier molecular flexibility index (Phi) is 5.25. The molecule has 1 aliphatic carbocycles. The van der Waals surface area contributed by atoms with E-state index in [4.69, 9.17) is 4.74 Å². The van der Waals surface area contributed by atoms with E-state index in [2.05, 4.69) is 27.7 Å². The van der Waals surface area contributed by atoms with Crippen molar-refractivity contribution in [3.8, 4) is 0 Å². The summed E-state index contributed by atoms with van der Waals surface area (Å²) in [6.45, 7) is 3.97. The smallest absolute Gasteiger partial charge is 0.255 e. The molecule has 1 amide bonds. The number of ether oxygens (including phenoxy) is 1. The third-order valence-corrected chi connectivity index (χ3v) is 6.66. The predicted molar refractivity (Wildman–Crippen MR) is 115 cm³/mol. The summed E-state index contributed by atoms with van der Waals surface area (Å²) in [5, 5.41) is 6.51. The molecule has 2 aromatic rings. The number of carbonyl (C=O) groups is 1. The van der Waals surface area contributed by atoms with Gasteiger partial charge in [-0.3, -0.25) is 4.79 Å². The minimum Gasteiger partial charge on any atom is -0.374 e. The predicted octanol–water partition coefficient (Wildman–Crippen LogP) is 3.81. The molecule has 29 heavy (non-hydrogen) atoms. The zero-order valence-electron chi connectivity index (χ0n) is 16.8. The number of anilines is 2. The van der Waals surface area contributed by atoms with E-state index >= 15 is 0 Å². The van der Waals surface area contributed by atoms with E-state index in [0.717, 1.165) is 36.8 Å². The fourth-order valence-electron chi connectivity index (χ4n) is 4.61. The Bertz CT molecular complexity index is 845. The first-order valence-electron chi connectivity index (χ1n) is 10.9. The van der Waals surface area contributed by atoms with Gasteiger partial charge in [0, 0.05) is 42.6 Å². The molecule has 0 radical (unpaired) electrons. The van der Waals surface area contributed by atoms with Crippen molar-refractivity contribution in [3.05, 3.63) is 59.7 Å². The summed E-state index contributed by atoms with van der Waals surface area (Å²) in [5.41, 5.74) is 3.86. The van der Waals surface area contributed by atoms with Crippen molar-refractivity contribution in [1.82, 2.24) is 5.32 Å². The maximum Gasteiger partial charge on any atom is 0.255 e. The fraction of sp³-hybridized carbons (Fsp3) is 0.458. The van der Waals surface area contributed by atoms with E-state index in [1.54, 1.807) is 0 Å². The molecule has 2 aromatic carbocycles. The molecule has 0 spiro atoms. The zero-order chi connectivity index (χ0) is 19.6. The molecule has 3 fully saturated rings. The average Bonchev–Trinajstić information content (AvgIpc) is 3.32. The number of hydrogen-bond donors (Lipinski definition) is 2. The van der Waals surface area contributed by atoms with E-state index in [-0.39, 0.29) is 5.91 Å². The lowest BCUT2D eigenvalue weighted by Gasteiger charge is -2.25. The SMILES string of the molecule is O=C(Nc1ccc(N2CC[C@@H]3CNC[C@@H]32)cc1)c1ccc(COC2CCC2)cc1.